The summed E-state index contributed by atoms with van der Waals surface area (Å²) < 4.78 is 23.3. The molecule has 20 nitrogen and oxygen atoms in total. The Kier molecular flexibility index (Phi) is 10.9. The van der Waals surface area contributed by atoms with Crippen LogP contribution in [0.5, 0.6) is 0 Å². The lowest BCUT2D eigenvalue weighted by molar-refractivity contribution is -0.324. The second-order valence-electron chi connectivity index (χ2n) is 10.5. The van der Waals surface area contributed by atoms with Crippen LogP contribution < -0.4 is 22.9 Å². The first kappa shape index (κ1) is 34.0. The third-order valence-corrected chi connectivity index (χ3v) is 7.80. The zero-order chi connectivity index (χ0) is 31.7. The fourth-order valence-corrected chi connectivity index (χ4v) is 5.36. The molecule has 0 bridgehead atoms. The number of nitrogens with two attached hydrogens (primary N) is 4. The number of nitrogens with one attached hydrogen (secondary N) is 1. The summed E-state index contributed by atoms with van der Waals surface area (Å²) >= 11 is 0. The predicted octanol–water partition coefficient (Wildman–Crippen LogP) is -8.05. The van der Waals surface area contributed by atoms with Gasteiger partial charge < -0.3 is 87.6 Å². The van der Waals surface area contributed by atoms with E-state index in [1.165, 1.54) is 14.0 Å². The van der Waals surface area contributed by atoms with Gasteiger partial charge in [0.25, 0.3) is 0 Å². The normalized spacial score (nSPS) is 45.7. The smallest absolute Gasteiger partial charge is 0.187 e. The average molecular weight is 611 g/mol. The molecule has 1 saturated carbocycles. The summed E-state index contributed by atoms with van der Waals surface area (Å²) in [5.41, 5.74) is 19.6. The number of likely N-dealkylation sites (N-methyl/N-ethyl adjacent to an activating group) is 1. The van der Waals surface area contributed by atoms with Gasteiger partial charge in [0, 0.05) is 7.05 Å². The van der Waals surface area contributed by atoms with Crippen molar-refractivity contribution in [2.75, 3.05) is 20.3 Å². The minimum atomic E-state index is -2.21. The van der Waals surface area contributed by atoms with Crippen LogP contribution in [-0.2, 0) is 18.9 Å². The van der Waals surface area contributed by atoms with E-state index in [2.05, 4.69) is 9.98 Å². The van der Waals surface area contributed by atoms with E-state index in [4.69, 9.17) is 47.3 Å². The largest absolute Gasteiger partial charge is 0.394 e. The molecular weight excluding hydrogens is 568 g/mol. The summed E-state index contributed by atoms with van der Waals surface area (Å²) in [6.07, 6.45) is -16.9. The van der Waals surface area contributed by atoms with Crippen molar-refractivity contribution in [3.8, 4) is 0 Å². The van der Waals surface area contributed by atoms with E-state index in [1.807, 2.05) is 0 Å². The van der Waals surface area contributed by atoms with Crippen molar-refractivity contribution in [1.82, 2.24) is 4.90 Å². The van der Waals surface area contributed by atoms with E-state index in [9.17, 15) is 40.9 Å². The van der Waals surface area contributed by atoms with E-state index in [1.54, 1.807) is 0 Å². The molecule has 0 aromatic carbocycles. The molecule has 2 heterocycles. The van der Waals surface area contributed by atoms with Crippen LogP contribution in [-0.4, -0.2) is 176 Å². The Hall–Kier alpha value is -2.47. The summed E-state index contributed by atoms with van der Waals surface area (Å²) in [5, 5.41) is 92.6. The van der Waals surface area contributed by atoms with Gasteiger partial charge in [0.1, 0.15) is 72.6 Å². The Bertz CT molecular complexity index is 989. The quantitative estimate of drug-likeness (QED) is 0.0806. The minimum Gasteiger partial charge on any atom is -0.394 e. The maximum atomic E-state index is 11.4. The first-order chi connectivity index (χ1) is 19.6. The van der Waals surface area contributed by atoms with Gasteiger partial charge in [-0.3, -0.25) is 5.41 Å². The minimum absolute atomic E-state index is 0.507. The van der Waals surface area contributed by atoms with Crippen LogP contribution in [0.25, 0.3) is 0 Å². The number of aliphatic hydroxyl groups is 8. The van der Waals surface area contributed by atoms with E-state index >= 15 is 0 Å². The van der Waals surface area contributed by atoms with Crippen molar-refractivity contribution in [3.05, 3.63) is 0 Å². The summed E-state index contributed by atoms with van der Waals surface area (Å²) in [5.74, 6) is -1.04. The van der Waals surface area contributed by atoms with Crippen molar-refractivity contribution in [2.45, 2.75) is 98.2 Å². The molecule has 1 aliphatic carbocycles. The van der Waals surface area contributed by atoms with E-state index in [-0.39, 0.29) is 0 Å². The molecule has 2 aliphatic heterocycles. The van der Waals surface area contributed by atoms with Crippen molar-refractivity contribution in [1.29, 1.82) is 5.41 Å². The first-order valence-electron chi connectivity index (χ1n) is 13.0. The standard InChI is InChI=1S/C22H42N8O12/c1-6-22(38,4-32)17(42-18-10(30(2)5-23)14(36)11(33)7(3-31)40-18)19(39-6)41-16-9(29-21(26)27)12(34)8(28-20(24)25)13(35)15(16)37/h5-19,23,31-38H,3-4H2,1-2H3,(H4,24,25,28)(H4,26,27,29). The average Bonchev–Trinajstić information content (AvgIpc) is 3.17. The Balaban J connectivity index is 2.00. The molecule has 2 saturated heterocycles. The molecule has 0 radical (unpaired) electrons. The monoisotopic (exact) mass is 610 g/mol. The summed E-state index contributed by atoms with van der Waals surface area (Å²) in [6.45, 7) is -0.313. The lowest BCUT2D eigenvalue weighted by Gasteiger charge is -2.47. The van der Waals surface area contributed by atoms with Crippen LogP contribution in [0.15, 0.2) is 9.98 Å². The van der Waals surface area contributed by atoms with E-state index < -0.39 is 116 Å². The van der Waals surface area contributed by atoms with Crippen LogP contribution in [0.3, 0.4) is 0 Å². The molecule has 0 amide bonds. The highest BCUT2D eigenvalue weighted by Gasteiger charge is 2.60. The number of hydrogen-bond acceptors (Lipinski definition) is 15. The Morgan fingerprint density at radius 1 is 0.881 bits per heavy atom. The van der Waals surface area contributed by atoms with Crippen molar-refractivity contribution < 1.29 is 59.8 Å². The van der Waals surface area contributed by atoms with Gasteiger partial charge >= 0.3 is 0 Å². The number of rotatable bonds is 10. The highest BCUT2D eigenvalue weighted by molar-refractivity contribution is 5.76. The van der Waals surface area contributed by atoms with E-state index in [0.717, 1.165) is 11.2 Å². The molecule has 17 N–H and O–H groups in total. The summed E-state index contributed by atoms with van der Waals surface area (Å²) in [6, 6.07) is -4.24. The Morgan fingerprint density at radius 3 is 2.00 bits per heavy atom. The Labute approximate surface area is 240 Å². The maximum Gasteiger partial charge on any atom is 0.187 e. The molecule has 3 aliphatic rings. The number of aliphatic imine (C=N–C) groups is 2. The summed E-state index contributed by atoms with van der Waals surface area (Å²) in [7, 11) is 1.38. The Morgan fingerprint density at radius 2 is 1.48 bits per heavy atom. The fourth-order valence-electron chi connectivity index (χ4n) is 5.36. The SMILES string of the molecule is CC1OC(OC2C(O)C(O)C(N=C(N)N)C(O)C2N=C(N)N)C(OC2OC(CO)C(O)C(O)C2N(C)C=N)C1(O)CO. The van der Waals surface area contributed by atoms with Crippen LogP contribution in [0.2, 0.25) is 0 Å². The van der Waals surface area contributed by atoms with Crippen molar-refractivity contribution in [3.63, 3.8) is 0 Å². The van der Waals surface area contributed by atoms with Gasteiger partial charge in [-0.2, -0.15) is 0 Å². The van der Waals surface area contributed by atoms with Crippen LogP contribution in [0.4, 0.5) is 0 Å². The second-order valence-corrected chi connectivity index (χ2v) is 10.5. The van der Waals surface area contributed by atoms with Crippen LogP contribution >= 0.6 is 0 Å². The number of hydrogen-bond donors (Lipinski definition) is 13. The van der Waals surface area contributed by atoms with Gasteiger partial charge in [-0.05, 0) is 6.92 Å². The van der Waals surface area contributed by atoms with Gasteiger partial charge in [0.05, 0.1) is 25.7 Å². The number of guanidine groups is 2. The lowest BCUT2D eigenvalue weighted by Crippen LogP contribution is -2.67. The van der Waals surface area contributed by atoms with Gasteiger partial charge in [-0.15, -0.1) is 0 Å². The third-order valence-electron chi connectivity index (χ3n) is 7.80. The maximum absolute atomic E-state index is 11.4. The van der Waals surface area contributed by atoms with Gasteiger partial charge in [-0.1, -0.05) is 0 Å². The molecule has 0 spiro atoms. The third kappa shape index (κ3) is 6.39. The highest BCUT2D eigenvalue weighted by atomic mass is 16.8. The van der Waals surface area contributed by atoms with Crippen LogP contribution in [0.1, 0.15) is 6.92 Å². The van der Waals surface area contributed by atoms with Crippen LogP contribution in [0, 0.1) is 5.41 Å². The molecule has 42 heavy (non-hydrogen) atoms. The number of ether oxygens (including phenoxy) is 4. The predicted molar refractivity (Wildman–Crippen MR) is 141 cm³/mol. The fraction of sp³-hybridized carbons (Fsp3) is 0.864. The topological polar surface area (TPSA) is 355 Å². The molecule has 0 aromatic rings. The van der Waals surface area contributed by atoms with Gasteiger partial charge in [-0.25, -0.2) is 9.98 Å². The van der Waals surface area contributed by atoms with Crippen molar-refractivity contribution >= 4 is 18.3 Å². The van der Waals surface area contributed by atoms with E-state index in [0.29, 0.717) is 0 Å². The zero-order valence-electron chi connectivity index (χ0n) is 22.9. The molecule has 15 atom stereocenters. The zero-order valence-corrected chi connectivity index (χ0v) is 22.9. The lowest BCUT2D eigenvalue weighted by atomic mass is 9.81. The van der Waals surface area contributed by atoms with Crippen molar-refractivity contribution in [2.24, 2.45) is 32.9 Å². The molecule has 0 aromatic heterocycles. The number of nitrogens with zero attached hydrogens (tertiary/aromatic N) is 3. The molecule has 3 fully saturated rings. The molecule has 15 unspecified atom stereocenters. The second kappa shape index (κ2) is 13.4. The summed E-state index contributed by atoms with van der Waals surface area (Å²) in [4.78, 5) is 8.80. The molecule has 20 heteroatoms. The van der Waals surface area contributed by atoms with Gasteiger partial charge in [0.15, 0.2) is 24.5 Å². The molecular formula is C22H42N8O12. The van der Waals surface area contributed by atoms with Gasteiger partial charge in [0.2, 0.25) is 0 Å². The molecule has 3 rings (SSSR count). The first-order valence-corrected chi connectivity index (χ1v) is 13.0. The highest BCUT2D eigenvalue weighted by Crippen LogP contribution is 2.39. The molecule has 242 valence electrons. The number of aliphatic hydroxyl groups excluding tert-OH is 7.